The predicted octanol–water partition coefficient (Wildman–Crippen LogP) is 0.775. The third-order valence-electron chi connectivity index (χ3n) is 4.98. The van der Waals surface area contributed by atoms with Crippen molar-refractivity contribution in [3.05, 3.63) is 46.8 Å². The number of hydrogen-bond donors (Lipinski definition) is 2. The van der Waals surface area contributed by atoms with Gasteiger partial charge in [0.05, 0.1) is 11.4 Å². The molecule has 0 saturated carbocycles. The van der Waals surface area contributed by atoms with E-state index >= 15 is 0 Å². The van der Waals surface area contributed by atoms with E-state index in [0.717, 1.165) is 58.5 Å². The van der Waals surface area contributed by atoms with E-state index in [1.807, 2.05) is 20.2 Å². The van der Waals surface area contributed by atoms with Gasteiger partial charge in [0.25, 0.3) is 5.91 Å². The molecular weight excluding hydrogens is 339 g/mol. The average molecular weight is 360 g/mol. The van der Waals surface area contributed by atoms with Crippen LogP contribution in [0.25, 0.3) is 11.4 Å². The third kappa shape index (κ3) is 3.07. The number of fused-ring (bicyclic) bond motifs is 3. The van der Waals surface area contributed by atoms with E-state index in [9.17, 15) is 4.79 Å². The van der Waals surface area contributed by atoms with Crippen LogP contribution in [0.1, 0.15) is 33.6 Å². The van der Waals surface area contributed by atoms with Crippen LogP contribution in [-0.4, -0.2) is 33.5 Å². The highest BCUT2D eigenvalue weighted by atomic mass is 16.1. The lowest BCUT2D eigenvalue weighted by Gasteiger charge is -2.12. The van der Waals surface area contributed by atoms with Crippen molar-refractivity contribution in [1.82, 2.24) is 19.7 Å². The molecule has 2 heterocycles. The molecule has 2 aromatic heterocycles. The van der Waals surface area contributed by atoms with Gasteiger partial charge in [-0.25, -0.2) is 9.97 Å². The Bertz CT molecular complexity index is 1060. The first-order chi connectivity index (χ1) is 12.9. The fraction of sp³-hybridized carbons (Fsp3) is 0.263. The van der Waals surface area contributed by atoms with Gasteiger partial charge in [0.15, 0.2) is 5.69 Å². The molecule has 3 N–H and O–H groups in total. The van der Waals surface area contributed by atoms with Gasteiger partial charge in [-0.15, -0.1) is 0 Å². The smallest absolute Gasteiger partial charge is 0.269 e. The summed E-state index contributed by atoms with van der Waals surface area (Å²) in [7, 11) is 3.87. The van der Waals surface area contributed by atoms with Crippen molar-refractivity contribution in [2.75, 3.05) is 5.32 Å². The van der Waals surface area contributed by atoms with Crippen LogP contribution < -0.4 is 16.5 Å². The highest BCUT2D eigenvalue weighted by Gasteiger charge is 2.26. The first-order valence-electron chi connectivity index (χ1n) is 9.00. The summed E-state index contributed by atoms with van der Waals surface area (Å²) >= 11 is 0. The van der Waals surface area contributed by atoms with Gasteiger partial charge in [-0.05, 0) is 43.4 Å². The molecule has 0 aliphatic heterocycles. The summed E-state index contributed by atoms with van der Waals surface area (Å²) in [5.41, 5.74) is 12.7. The van der Waals surface area contributed by atoms with Crippen molar-refractivity contribution < 1.29 is 4.79 Å². The van der Waals surface area contributed by atoms with Gasteiger partial charge in [0.1, 0.15) is 7.85 Å². The number of carbonyl (C=O) groups excluding carboxylic acids is 1. The van der Waals surface area contributed by atoms with Crippen LogP contribution in [0.3, 0.4) is 0 Å². The standard InChI is InChI=1S/C19H21BN6O/c1-10-6-7-12(20)8-14(10)23-19-22-9-11-4-3-5-13-16(18(21)27)25-26(2)17(13)15(11)24-19/h6-9H,3-5,20H2,1-2H3,(H2,21,27)(H,22,23,24). The summed E-state index contributed by atoms with van der Waals surface area (Å²) in [6, 6.07) is 6.22. The van der Waals surface area contributed by atoms with E-state index in [0.29, 0.717) is 11.6 Å². The van der Waals surface area contributed by atoms with E-state index in [1.165, 1.54) is 0 Å². The highest BCUT2D eigenvalue weighted by molar-refractivity contribution is 6.32. The van der Waals surface area contributed by atoms with Crippen LogP contribution in [0, 0.1) is 6.92 Å². The molecule has 4 rings (SSSR count). The molecule has 1 amide bonds. The van der Waals surface area contributed by atoms with Crippen molar-refractivity contribution in [3.63, 3.8) is 0 Å². The number of nitrogens with one attached hydrogen (secondary N) is 1. The fourth-order valence-electron chi connectivity index (χ4n) is 3.60. The lowest BCUT2D eigenvalue weighted by molar-refractivity contribution is 0.0994. The van der Waals surface area contributed by atoms with Crippen LogP contribution in [0.15, 0.2) is 24.4 Å². The molecule has 136 valence electrons. The molecule has 0 bridgehead atoms. The Balaban J connectivity index is 1.81. The van der Waals surface area contributed by atoms with Gasteiger partial charge in [-0.1, -0.05) is 17.6 Å². The molecule has 27 heavy (non-hydrogen) atoms. The molecule has 7 nitrogen and oxygen atoms in total. The zero-order valence-corrected chi connectivity index (χ0v) is 15.7. The number of aromatic nitrogens is 4. The van der Waals surface area contributed by atoms with Crippen LogP contribution in [0.2, 0.25) is 0 Å². The van der Waals surface area contributed by atoms with Gasteiger partial charge in [0, 0.05) is 24.5 Å². The number of amides is 1. The molecule has 0 spiro atoms. The lowest BCUT2D eigenvalue weighted by Crippen LogP contribution is -2.14. The molecule has 0 saturated heterocycles. The van der Waals surface area contributed by atoms with Gasteiger partial charge in [-0.2, -0.15) is 5.10 Å². The maximum Gasteiger partial charge on any atom is 0.269 e. The van der Waals surface area contributed by atoms with E-state index in [1.54, 1.807) is 4.68 Å². The molecule has 0 radical (unpaired) electrons. The number of benzene rings is 1. The van der Waals surface area contributed by atoms with Gasteiger partial charge >= 0.3 is 0 Å². The average Bonchev–Trinajstić information content (AvgIpc) is 2.84. The predicted molar refractivity (Wildman–Crippen MR) is 107 cm³/mol. The second-order valence-electron chi connectivity index (χ2n) is 7.03. The number of rotatable bonds is 3. The minimum absolute atomic E-state index is 0.336. The number of aryl methyl sites for hydroxylation is 3. The van der Waals surface area contributed by atoms with Crippen LogP contribution >= 0.6 is 0 Å². The van der Waals surface area contributed by atoms with Crippen LogP contribution in [-0.2, 0) is 19.9 Å². The van der Waals surface area contributed by atoms with Crippen LogP contribution in [0.4, 0.5) is 11.6 Å². The van der Waals surface area contributed by atoms with Gasteiger partial charge in [0.2, 0.25) is 5.95 Å². The fourth-order valence-corrected chi connectivity index (χ4v) is 3.60. The maximum atomic E-state index is 11.8. The molecule has 1 aliphatic rings. The molecular formula is C19H21BN6O. The molecule has 0 fully saturated rings. The quantitative estimate of drug-likeness (QED) is 0.673. The third-order valence-corrected chi connectivity index (χ3v) is 4.98. The van der Waals surface area contributed by atoms with Crippen molar-refractivity contribution >= 4 is 30.9 Å². The largest absolute Gasteiger partial charge is 0.364 e. The van der Waals surface area contributed by atoms with Gasteiger partial charge < -0.3 is 11.1 Å². The Labute approximate surface area is 158 Å². The van der Waals surface area contributed by atoms with Crippen molar-refractivity contribution in [2.24, 2.45) is 12.8 Å². The Kier molecular flexibility index (Phi) is 4.18. The van der Waals surface area contributed by atoms with Crippen molar-refractivity contribution in [3.8, 4) is 11.4 Å². The molecule has 3 aromatic rings. The van der Waals surface area contributed by atoms with E-state index < -0.39 is 5.91 Å². The molecule has 0 unspecified atom stereocenters. The first kappa shape index (κ1) is 17.3. The number of hydrogen-bond acceptors (Lipinski definition) is 5. The van der Waals surface area contributed by atoms with Gasteiger partial charge in [-0.3, -0.25) is 9.48 Å². The van der Waals surface area contributed by atoms with Crippen molar-refractivity contribution in [2.45, 2.75) is 26.2 Å². The zero-order valence-electron chi connectivity index (χ0n) is 15.7. The Hall–Kier alpha value is -3.16. The summed E-state index contributed by atoms with van der Waals surface area (Å²) in [4.78, 5) is 21.1. The monoisotopic (exact) mass is 360 g/mol. The second-order valence-corrected chi connectivity index (χ2v) is 7.03. The minimum atomic E-state index is -0.502. The number of primary amides is 1. The van der Waals surface area contributed by atoms with Crippen molar-refractivity contribution in [1.29, 1.82) is 0 Å². The normalized spacial score (nSPS) is 12.8. The number of nitrogens with two attached hydrogens (primary N) is 1. The number of anilines is 2. The molecule has 1 aliphatic carbocycles. The second kappa shape index (κ2) is 6.53. The molecule has 1 aromatic carbocycles. The summed E-state index contributed by atoms with van der Waals surface area (Å²) in [6.07, 6.45) is 4.37. The Morgan fingerprint density at radius 1 is 1.33 bits per heavy atom. The number of carbonyl (C=O) groups is 1. The SMILES string of the molecule is Bc1ccc(C)c(Nc2ncc3c(n2)-c2c(c(C(N)=O)nn2C)CCC3)c1. The van der Waals surface area contributed by atoms with E-state index in [4.69, 9.17) is 10.7 Å². The Morgan fingerprint density at radius 3 is 2.93 bits per heavy atom. The summed E-state index contributed by atoms with van der Waals surface area (Å²) in [6.45, 7) is 2.05. The van der Waals surface area contributed by atoms with Crippen LogP contribution in [0.5, 0.6) is 0 Å². The minimum Gasteiger partial charge on any atom is -0.364 e. The maximum absolute atomic E-state index is 11.8. The molecule has 0 atom stereocenters. The highest BCUT2D eigenvalue weighted by Crippen LogP contribution is 2.33. The zero-order chi connectivity index (χ0) is 19.1. The topological polar surface area (TPSA) is 98.7 Å². The number of nitrogens with zero attached hydrogens (tertiary/aromatic N) is 4. The first-order valence-corrected chi connectivity index (χ1v) is 9.00. The summed E-state index contributed by atoms with van der Waals surface area (Å²) in [5.74, 6) is 0.0233. The summed E-state index contributed by atoms with van der Waals surface area (Å²) < 4.78 is 1.70. The molecule has 8 heteroatoms. The summed E-state index contributed by atoms with van der Waals surface area (Å²) in [5, 5.41) is 7.65. The lowest BCUT2D eigenvalue weighted by atomic mass is 9.94. The Morgan fingerprint density at radius 2 is 2.15 bits per heavy atom. The van der Waals surface area contributed by atoms with E-state index in [-0.39, 0.29) is 0 Å². The van der Waals surface area contributed by atoms with E-state index in [2.05, 4.69) is 41.4 Å².